The van der Waals surface area contributed by atoms with E-state index in [4.69, 9.17) is 16.0 Å². The SMILES string of the molecule is O=C(c1cccc(Cl)c1)N1CCCN(Cc2nnc(-c3ccc(Br)cc3)o2)CC1. The number of hydrogen-bond acceptors (Lipinski definition) is 5. The molecule has 0 aliphatic carbocycles. The minimum Gasteiger partial charge on any atom is -0.419 e. The monoisotopic (exact) mass is 474 g/mol. The summed E-state index contributed by atoms with van der Waals surface area (Å²) in [7, 11) is 0. The van der Waals surface area contributed by atoms with E-state index in [1.165, 1.54) is 0 Å². The minimum atomic E-state index is 0.0182. The molecule has 8 heteroatoms. The average Bonchev–Trinajstić information content (AvgIpc) is 3.06. The first-order valence-electron chi connectivity index (χ1n) is 9.44. The molecule has 150 valence electrons. The van der Waals surface area contributed by atoms with Crippen molar-refractivity contribution in [2.24, 2.45) is 0 Å². The van der Waals surface area contributed by atoms with Crippen molar-refractivity contribution in [3.63, 3.8) is 0 Å². The first-order chi connectivity index (χ1) is 14.1. The van der Waals surface area contributed by atoms with Gasteiger partial charge in [-0.25, -0.2) is 0 Å². The summed E-state index contributed by atoms with van der Waals surface area (Å²) in [4.78, 5) is 16.9. The number of carbonyl (C=O) groups excluding carboxylic acids is 1. The Morgan fingerprint density at radius 1 is 1.07 bits per heavy atom. The Morgan fingerprint density at radius 2 is 1.90 bits per heavy atom. The predicted octanol–water partition coefficient (Wildman–Crippen LogP) is 4.50. The Kier molecular flexibility index (Phi) is 6.28. The second kappa shape index (κ2) is 9.07. The summed E-state index contributed by atoms with van der Waals surface area (Å²) in [6, 6.07) is 14.9. The number of hydrogen-bond donors (Lipinski definition) is 0. The normalized spacial score (nSPS) is 15.3. The van der Waals surface area contributed by atoms with Crippen molar-refractivity contribution in [1.29, 1.82) is 0 Å². The van der Waals surface area contributed by atoms with E-state index in [0.717, 1.165) is 36.1 Å². The second-order valence-corrected chi connectivity index (χ2v) is 8.29. The molecule has 4 rings (SSSR count). The van der Waals surface area contributed by atoms with Gasteiger partial charge in [0.1, 0.15) is 0 Å². The van der Waals surface area contributed by atoms with Gasteiger partial charge in [0.05, 0.1) is 6.54 Å². The van der Waals surface area contributed by atoms with Crippen LogP contribution in [0.5, 0.6) is 0 Å². The summed E-state index contributed by atoms with van der Waals surface area (Å²) < 4.78 is 6.84. The fourth-order valence-electron chi connectivity index (χ4n) is 3.35. The first kappa shape index (κ1) is 20.1. The lowest BCUT2D eigenvalue weighted by Crippen LogP contribution is -2.35. The van der Waals surface area contributed by atoms with Gasteiger partial charge in [-0.3, -0.25) is 9.69 Å². The van der Waals surface area contributed by atoms with E-state index < -0.39 is 0 Å². The number of aromatic nitrogens is 2. The van der Waals surface area contributed by atoms with Crippen molar-refractivity contribution in [3.8, 4) is 11.5 Å². The third kappa shape index (κ3) is 5.04. The lowest BCUT2D eigenvalue weighted by Gasteiger charge is -2.21. The third-order valence-electron chi connectivity index (χ3n) is 4.86. The molecule has 1 aliphatic heterocycles. The van der Waals surface area contributed by atoms with Crippen molar-refractivity contribution >= 4 is 33.4 Å². The van der Waals surface area contributed by atoms with Crippen LogP contribution in [0.25, 0.3) is 11.5 Å². The van der Waals surface area contributed by atoms with Crippen LogP contribution < -0.4 is 0 Å². The quantitative estimate of drug-likeness (QED) is 0.556. The summed E-state index contributed by atoms with van der Waals surface area (Å²) in [6.07, 6.45) is 0.889. The molecular weight excluding hydrogens is 456 g/mol. The summed E-state index contributed by atoms with van der Waals surface area (Å²) in [5.74, 6) is 1.11. The molecule has 29 heavy (non-hydrogen) atoms. The molecule has 0 atom stereocenters. The van der Waals surface area contributed by atoms with Gasteiger partial charge in [-0.1, -0.05) is 33.6 Å². The summed E-state index contributed by atoms with van der Waals surface area (Å²) in [5, 5.41) is 8.92. The van der Waals surface area contributed by atoms with Gasteiger partial charge in [-0.2, -0.15) is 0 Å². The zero-order chi connectivity index (χ0) is 20.2. The minimum absolute atomic E-state index is 0.0182. The smallest absolute Gasteiger partial charge is 0.253 e. The van der Waals surface area contributed by atoms with Crippen LogP contribution in [-0.2, 0) is 6.54 Å². The highest BCUT2D eigenvalue weighted by Crippen LogP contribution is 2.21. The average molecular weight is 476 g/mol. The van der Waals surface area contributed by atoms with Crippen molar-refractivity contribution in [2.75, 3.05) is 26.2 Å². The van der Waals surface area contributed by atoms with Crippen LogP contribution in [0.3, 0.4) is 0 Å². The van der Waals surface area contributed by atoms with Crippen LogP contribution >= 0.6 is 27.5 Å². The molecule has 1 aliphatic rings. The fourth-order valence-corrected chi connectivity index (χ4v) is 3.81. The van der Waals surface area contributed by atoms with Gasteiger partial charge < -0.3 is 9.32 Å². The number of halogens is 2. The number of benzene rings is 2. The van der Waals surface area contributed by atoms with Crippen LogP contribution in [0.1, 0.15) is 22.7 Å². The molecule has 0 bridgehead atoms. The van der Waals surface area contributed by atoms with E-state index in [1.54, 1.807) is 24.3 Å². The van der Waals surface area contributed by atoms with Crippen molar-refractivity contribution in [3.05, 3.63) is 69.5 Å². The maximum Gasteiger partial charge on any atom is 0.253 e. The Balaban J connectivity index is 1.37. The molecule has 6 nitrogen and oxygen atoms in total. The Labute approximate surface area is 182 Å². The van der Waals surface area contributed by atoms with Gasteiger partial charge in [0.25, 0.3) is 5.91 Å². The van der Waals surface area contributed by atoms with Crippen molar-refractivity contribution in [2.45, 2.75) is 13.0 Å². The lowest BCUT2D eigenvalue weighted by molar-refractivity contribution is 0.0760. The Bertz CT molecular complexity index is 992. The van der Waals surface area contributed by atoms with Crippen molar-refractivity contribution < 1.29 is 9.21 Å². The number of nitrogens with zero attached hydrogens (tertiary/aromatic N) is 4. The molecule has 1 amide bonds. The van der Waals surface area contributed by atoms with E-state index in [-0.39, 0.29) is 5.91 Å². The van der Waals surface area contributed by atoms with Crippen LogP contribution in [0, 0.1) is 0 Å². The number of amides is 1. The standard InChI is InChI=1S/C21H20BrClN4O2/c22-17-7-5-15(6-8-17)20-25-24-19(29-20)14-26-9-2-10-27(12-11-26)21(28)16-3-1-4-18(23)13-16/h1,3-8,13H,2,9-12,14H2. The highest BCUT2D eigenvalue weighted by atomic mass is 79.9. The molecule has 2 heterocycles. The van der Waals surface area contributed by atoms with E-state index in [2.05, 4.69) is 31.0 Å². The van der Waals surface area contributed by atoms with Crippen LogP contribution in [0.15, 0.2) is 57.4 Å². The largest absolute Gasteiger partial charge is 0.419 e. The van der Waals surface area contributed by atoms with E-state index in [9.17, 15) is 4.79 Å². The van der Waals surface area contributed by atoms with Crippen LogP contribution in [0.2, 0.25) is 5.02 Å². The summed E-state index contributed by atoms with van der Waals surface area (Å²) in [5.41, 5.74) is 1.52. The Hall–Kier alpha value is -2.22. The van der Waals surface area contributed by atoms with E-state index >= 15 is 0 Å². The van der Waals surface area contributed by atoms with Gasteiger partial charge in [-0.15, -0.1) is 10.2 Å². The molecule has 0 unspecified atom stereocenters. The highest BCUT2D eigenvalue weighted by Gasteiger charge is 2.22. The van der Waals surface area contributed by atoms with Crippen LogP contribution in [-0.4, -0.2) is 52.1 Å². The van der Waals surface area contributed by atoms with Gasteiger partial charge >= 0.3 is 0 Å². The van der Waals surface area contributed by atoms with Gasteiger partial charge in [0.15, 0.2) is 0 Å². The van der Waals surface area contributed by atoms with Gasteiger partial charge in [0, 0.05) is 46.8 Å². The zero-order valence-electron chi connectivity index (χ0n) is 15.7. The van der Waals surface area contributed by atoms with Crippen molar-refractivity contribution in [1.82, 2.24) is 20.0 Å². The Morgan fingerprint density at radius 3 is 2.69 bits per heavy atom. The molecule has 0 spiro atoms. The topological polar surface area (TPSA) is 62.5 Å². The molecule has 3 aromatic rings. The molecule has 2 aromatic carbocycles. The van der Waals surface area contributed by atoms with Crippen LogP contribution in [0.4, 0.5) is 0 Å². The maximum absolute atomic E-state index is 12.8. The lowest BCUT2D eigenvalue weighted by atomic mass is 10.2. The maximum atomic E-state index is 12.8. The van der Waals surface area contributed by atoms with E-state index in [0.29, 0.717) is 35.5 Å². The third-order valence-corrected chi connectivity index (χ3v) is 5.63. The fraction of sp³-hybridized carbons (Fsp3) is 0.286. The highest BCUT2D eigenvalue weighted by molar-refractivity contribution is 9.10. The summed E-state index contributed by atoms with van der Waals surface area (Å²) >= 11 is 9.44. The molecule has 0 saturated carbocycles. The molecule has 1 saturated heterocycles. The second-order valence-electron chi connectivity index (χ2n) is 6.94. The van der Waals surface area contributed by atoms with Gasteiger partial charge in [-0.05, 0) is 48.9 Å². The molecular formula is C21H20BrClN4O2. The van der Waals surface area contributed by atoms with Gasteiger partial charge in [0.2, 0.25) is 11.8 Å². The molecule has 0 N–H and O–H groups in total. The summed E-state index contributed by atoms with van der Waals surface area (Å²) in [6.45, 7) is 3.56. The molecule has 0 radical (unpaired) electrons. The number of rotatable bonds is 4. The first-order valence-corrected chi connectivity index (χ1v) is 10.6. The predicted molar refractivity (Wildman–Crippen MR) is 115 cm³/mol. The molecule has 1 fully saturated rings. The molecule has 1 aromatic heterocycles. The number of carbonyl (C=O) groups is 1. The van der Waals surface area contributed by atoms with E-state index in [1.807, 2.05) is 29.2 Å². The zero-order valence-corrected chi connectivity index (χ0v) is 18.1.